The van der Waals surface area contributed by atoms with Crippen LogP contribution >= 0.6 is 0 Å². The van der Waals surface area contributed by atoms with E-state index >= 15 is 0 Å². The Kier molecular flexibility index (Phi) is 6.89. The number of urea groups is 1. The van der Waals surface area contributed by atoms with Gasteiger partial charge in [-0.15, -0.1) is 0 Å². The molecule has 2 aliphatic heterocycles. The summed E-state index contributed by atoms with van der Waals surface area (Å²) in [6, 6.07) is 7.41. The molecule has 0 aliphatic carbocycles. The number of hydrogen-bond acceptors (Lipinski definition) is 3. The highest BCUT2D eigenvalue weighted by Gasteiger charge is 2.17. The second kappa shape index (κ2) is 9.57. The van der Waals surface area contributed by atoms with Crippen molar-refractivity contribution in [3.8, 4) is 0 Å². The number of carbonyl (C=O) groups excluding carboxylic acids is 2. The maximum absolute atomic E-state index is 12.3. The van der Waals surface area contributed by atoms with Gasteiger partial charge >= 0.3 is 6.03 Å². The number of ether oxygens (including phenoxy) is 1. The lowest BCUT2D eigenvalue weighted by molar-refractivity contribution is 0.0857. The van der Waals surface area contributed by atoms with Gasteiger partial charge in [0.05, 0.1) is 6.10 Å². The van der Waals surface area contributed by atoms with E-state index in [1.54, 1.807) is 6.07 Å². The van der Waals surface area contributed by atoms with Crippen LogP contribution in [-0.2, 0) is 11.3 Å². The van der Waals surface area contributed by atoms with E-state index in [2.05, 4.69) is 10.6 Å². The summed E-state index contributed by atoms with van der Waals surface area (Å²) in [5, 5.41) is 5.91. The van der Waals surface area contributed by atoms with E-state index in [0.29, 0.717) is 18.7 Å². The fraction of sp³-hybridized carbons (Fsp3) is 0.600. The number of hydrogen-bond donors (Lipinski definition) is 2. The highest BCUT2D eigenvalue weighted by Crippen LogP contribution is 2.12. The molecule has 3 rings (SSSR count). The van der Waals surface area contributed by atoms with Crippen LogP contribution in [0.3, 0.4) is 0 Å². The summed E-state index contributed by atoms with van der Waals surface area (Å²) < 4.78 is 5.53. The molecule has 0 bridgehead atoms. The number of rotatable bonds is 5. The zero-order valence-electron chi connectivity index (χ0n) is 15.3. The third kappa shape index (κ3) is 5.46. The summed E-state index contributed by atoms with van der Waals surface area (Å²) in [6.07, 6.45) is 6.76. The summed E-state index contributed by atoms with van der Waals surface area (Å²) in [5.41, 5.74) is 1.54. The molecule has 142 valence electrons. The van der Waals surface area contributed by atoms with E-state index < -0.39 is 0 Å². The fourth-order valence-corrected chi connectivity index (χ4v) is 3.50. The van der Waals surface area contributed by atoms with Gasteiger partial charge in [0.25, 0.3) is 5.91 Å². The molecule has 2 fully saturated rings. The van der Waals surface area contributed by atoms with Gasteiger partial charge in [-0.1, -0.05) is 25.0 Å². The Labute approximate surface area is 155 Å². The van der Waals surface area contributed by atoms with Crippen molar-refractivity contribution < 1.29 is 14.3 Å². The van der Waals surface area contributed by atoms with Crippen molar-refractivity contribution in [2.75, 3.05) is 26.2 Å². The predicted octanol–water partition coefficient (Wildman–Crippen LogP) is 2.68. The van der Waals surface area contributed by atoms with E-state index in [4.69, 9.17) is 4.74 Å². The molecule has 0 radical (unpaired) electrons. The number of nitrogens with one attached hydrogen (secondary N) is 2. The third-order valence-corrected chi connectivity index (χ3v) is 5.04. The molecule has 1 aromatic rings. The number of nitrogens with zero attached hydrogens (tertiary/aromatic N) is 1. The molecule has 3 amide bonds. The topological polar surface area (TPSA) is 70.7 Å². The SMILES string of the molecule is O=C(NC[C@@H]1CCCO1)c1cccc(CNC(=O)N2CCCCCC2)c1. The van der Waals surface area contributed by atoms with Crippen LogP contribution < -0.4 is 10.6 Å². The predicted molar refractivity (Wildman–Crippen MR) is 100 cm³/mol. The summed E-state index contributed by atoms with van der Waals surface area (Å²) in [5.74, 6) is -0.0961. The Balaban J connectivity index is 1.48. The first kappa shape index (κ1) is 18.7. The van der Waals surface area contributed by atoms with E-state index in [1.807, 2.05) is 23.1 Å². The molecule has 2 N–H and O–H groups in total. The first-order valence-corrected chi connectivity index (χ1v) is 9.74. The Morgan fingerprint density at radius 2 is 1.88 bits per heavy atom. The van der Waals surface area contributed by atoms with E-state index in [1.165, 1.54) is 12.8 Å². The number of carbonyl (C=O) groups is 2. The number of likely N-dealkylation sites (tertiary alicyclic amines) is 1. The quantitative estimate of drug-likeness (QED) is 0.849. The molecule has 1 aromatic carbocycles. The van der Waals surface area contributed by atoms with Crippen molar-refractivity contribution in [2.24, 2.45) is 0 Å². The Morgan fingerprint density at radius 1 is 1.08 bits per heavy atom. The lowest BCUT2D eigenvalue weighted by atomic mass is 10.1. The minimum absolute atomic E-state index is 0.0138. The molecule has 1 atom stereocenters. The molecule has 0 aromatic heterocycles. The number of benzene rings is 1. The highest BCUT2D eigenvalue weighted by atomic mass is 16.5. The molecule has 6 heteroatoms. The summed E-state index contributed by atoms with van der Waals surface area (Å²) in [6.45, 7) is 3.43. The van der Waals surface area contributed by atoms with Gasteiger partial charge in [0.15, 0.2) is 0 Å². The van der Waals surface area contributed by atoms with Crippen LogP contribution in [0.25, 0.3) is 0 Å². The number of amides is 3. The maximum atomic E-state index is 12.3. The lowest BCUT2D eigenvalue weighted by Crippen LogP contribution is -2.40. The lowest BCUT2D eigenvalue weighted by Gasteiger charge is -2.20. The molecule has 2 saturated heterocycles. The molecule has 26 heavy (non-hydrogen) atoms. The van der Waals surface area contributed by atoms with Gasteiger partial charge < -0.3 is 20.3 Å². The first-order valence-electron chi connectivity index (χ1n) is 9.74. The van der Waals surface area contributed by atoms with E-state index in [9.17, 15) is 9.59 Å². The molecule has 2 heterocycles. The van der Waals surface area contributed by atoms with Gasteiger partial charge in [0, 0.05) is 38.3 Å². The fourth-order valence-electron chi connectivity index (χ4n) is 3.50. The second-order valence-electron chi connectivity index (χ2n) is 7.11. The molecular weight excluding hydrogens is 330 g/mol. The smallest absolute Gasteiger partial charge is 0.317 e. The molecule has 0 spiro atoms. The van der Waals surface area contributed by atoms with Crippen LogP contribution in [0.5, 0.6) is 0 Å². The van der Waals surface area contributed by atoms with Crippen molar-refractivity contribution in [2.45, 2.75) is 51.2 Å². The van der Waals surface area contributed by atoms with Crippen molar-refractivity contribution in [3.63, 3.8) is 0 Å². The Hall–Kier alpha value is -2.08. The van der Waals surface area contributed by atoms with Crippen molar-refractivity contribution >= 4 is 11.9 Å². The normalized spacial score (nSPS) is 20.5. The van der Waals surface area contributed by atoms with Crippen LogP contribution in [0.1, 0.15) is 54.4 Å². The first-order chi connectivity index (χ1) is 12.7. The largest absolute Gasteiger partial charge is 0.376 e. The minimum atomic E-state index is -0.0961. The van der Waals surface area contributed by atoms with Crippen molar-refractivity contribution in [1.82, 2.24) is 15.5 Å². The average molecular weight is 359 g/mol. The monoisotopic (exact) mass is 359 g/mol. The van der Waals surface area contributed by atoms with Crippen LogP contribution in [-0.4, -0.2) is 49.2 Å². The third-order valence-electron chi connectivity index (χ3n) is 5.04. The second-order valence-corrected chi connectivity index (χ2v) is 7.11. The highest BCUT2D eigenvalue weighted by molar-refractivity contribution is 5.94. The van der Waals surface area contributed by atoms with Crippen LogP contribution in [0.15, 0.2) is 24.3 Å². The summed E-state index contributed by atoms with van der Waals surface area (Å²) >= 11 is 0. The molecular formula is C20H29N3O3. The van der Waals surface area contributed by atoms with Gasteiger partial charge in [-0.2, -0.15) is 0 Å². The van der Waals surface area contributed by atoms with Crippen LogP contribution in [0.4, 0.5) is 4.79 Å². The van der Waals surface area contributed by atoms with Crippen molar-refractivity contribution in [1.29, 1.82) is 0 Å². The Bertz CT molecular complexity index is 606. The Morgan fingerprint density at radius 3 is 2.62 bits per heavy atom. The van der Waals surface area contributed by atoms with Gasteiger partial charge in [-0.3, -0.25) is 4.79 Å². The molecule has 0 saturated carbocycles. The van der Waals surface area contributed by atoms with Crippen molar-refractivity contribution in [3.05, 3.63) is 35.4 Å². The molecule has 2 aliphatic rings. The molecule has 0 unspecified atom stereocenters. The van der Waals surface area contributed by atoms with Crippen LogP contribution in [0.2, 0.25) is 0 Å². The molecule has 6 nitrogen and oxygen atoms in total. The van der Waals surface area contributed by atoms with Crippen LogP contribution in [0, 0.1) is 0 Å². The van der Waals surface area contributed by atoms with Gasteiger partial charge in [-0.05, 0) is 43.4 Å². The zero-order chi connectivity index (χ0) is 18.2. The summed E-state index contributed by atoms with van der Waals surface area (Å²) in [4.78, 5) is 26.5. The average Bonchev–Trinajstić information content (AvgIpc) is 3.04. The van der Waals surface area contributed by atoms with Gasteiger partial charge in [-0.25, -0.2) is 4.79 Å². The zero-order valence-corrected chi connectivity index (χ0v) is 15.3. The van der Waals surface area contributed by atoms with Gasteiger partial charge in [0.2, 0.25) is 0 Å². The summed E-state index contributed by atoms with van der Waals surface area (Å²) in [7, 11) is 0. The van der Waals surface area contributed by atoms with E-state index in [-0.39, 0.29) is 18.0 Å². The van der Waals surface area contributed by atoms with E-state index in [0.717, 1.165) is 50.9 Å². The maximum Gasteiger partial charge on any atom is 0.317 e. The van der Waals surface area contributed by atoms with Gasteiger partial charge in [0.1, 0.15) is 0 Å². The standard InChI is InChI=1S/C20H29N3O3/c24-19(21-15-18-9-6-12-26-18)17-8-5-7-16(13-17)14-22-20(25)23-10-3-1-2-4-11-23/h5,7-8,13,18H,1-4,6,9-12,14-15H2,(H,21,24)(H,22,25)/t18-/m0/s1. The minimum Gasteiger partial charge on any atom is -0.376 e.